The summed E-state index contributed by atoms with van der Waals surface area (Å²) in [6, 6.07) is 0. The zero-order valence-corrected chi connectivity index (χ0v) is 11.8. The van der Waals surface area contributed by atoms with E-state index in [0.717, 1.165) is 0 Å². The summed E-state index contributed by atoms with van der Waals surface area (Å²) in [5, 5.41) is 0. The molecule has 0 rings (SSSR count). The summed E-state index contributed by atoms with van der Waals surface area (Å²) in [6.45, 7) is 7.23. The van der Waals surface area contributed by atoms with Crippen LogP contribution in [0.3, 0.4) is 0 Å². The second-order valence-corrected chi connectivity index (χ2v) is 7.48. The molecular formula is C10H20N2O2S2. The number of amides is 2. The van der Waals surface area contributed by atoms with Crippen molar-refractivity contribution >= 4 is 33.4 Å². The van der Waals surface area contributed by atoms with Crippen LogP contribution in [0, 0.1) is 10.8 Å². The number of carbonyl (C=O) groups is 2. The highest BCUT2D eigenvalue weighted by Gasteiger charge is 2.27. The first-order valence-corrected chi connectivity index (χ1v) is 7.42. The van der Waals surface area contributed by atoms with E-state index in [1.165, 1.54) is 0 Å². The zero-order chi connectivity index (χ0) is 13.0. The molecule has 0 aliphatic heterocycles. The summed E-state index contributed by atoms with van der Waals surface area (Å²) in [4.78, 5) is 22.1. The molecule has 0 atom stereocenters. The second kappa shape index (κ2) is 5.82. The van der Waals surface area contributed by atoms with Gasteiger partial charge in [0, 0.05) is 11.5 Å². The Kier molecular flexibility index (Phi) is 5.69. The molecule has 0 aromatic heterocycles. The lowest BCUT2D eigenvalue weighted by Crippen LogP contribution is -2.34. The second-order valence-electron chi connectivity index (χ2n) is 5.02. The fourth-order valence-electron chi connectivity index (χ4n) is 0.520. The Balaban J connectivity index is 3.94. The van der Waals surface area contributed by atoms with Gasteiger partial charge in [-0.05, 0) is 0 Å². The van der Waals surface area contributed by atoms with E-state index in [4.69, 9.17) is 11.5 Å². The zero-order valence-electron chi connectivity index (χ0n) is 10.2. The quantitative estimate of drug-likeness (QED) is 0.537. The molecule has 0 aliphatic carbocycles. The topological polar surface area (TPSA) is 86.2 Å². The molecule has 6 heteroatoms. The first-order chi connectivity index (χ1) is 7.09. The summed E-state index contributed by atoms with van der Waals surface area (Å²) in [5.41, 5.74) is 9.46. The molecule has 0 aromatic rings. The molecule has 0 saturated carbocycles. The third kappa shape index (κ3) is 5.12. The maximum Gasteiger partial charge on any atom is 0.223 e. The van der Waals surface area contributed by atoms with Gasteiger partial charge in [0.25, 0.3) is 0 Å². The Morgan fingerprint density at radius 2 is 1.12 bits per heavy atom. The highest BCUT2D eigenvalue weighted by Crippen LogP contribution is 2.34. The maximum atomic E-state index is 11.0. The van der Waals surface area contributed by atoms with Gasteiger partial charge in [0.05, 0.1) is 10.8 Å². The van der Waals surface area contributed by atoms with E-state index in [1.807, 2.05) is 27.7 Å². The average molecular weight is 264 g/mol. The highest BCUT2D eigenvalue weighted by atomic mass is 33.1. The van der Waals surface area contributed by atoms with Gasteiger partial charge < -0.3 is 11.5 Å². The summed E-state index contributed by atoms with van der Waals surface area (Å²) >= 11 is 0. The van der Waals surface area contributed by atoms with Crippen molar-refractivity contribution in [3.63, 3.8) is 0 Å². The lowest BCUT2D eigenvalue weighted by molar-refractivity contribution is -0.125. The van der Waals surface area contributed by atoms with Gasteiger partial charge in [-0.3, -0.25) is 9.59 Å². The predicted molar refractivity (Wildman–Crippen MR) is 70.9 cm³/mol. The van der Waals surface area contributed by atoms with Gasteiger partial charge in [0.2, 0.25) is 11.8 Å². The number of carbonyl (C=O) groups excluding carboxylic acids is 2. The lowest BCUT2D eigenvalue weighted by Gasteiger charge is -2.22. The van der Waals surface area contributed by atoms with Crippen LogP contribution in [-0.4, -0.2) is 23.3 Å². The molecule has 16 heavy (non-hydrogen) atoms. The molecule has 0 bridgehead atoms. The standard InChI is InChI=1S/C10H20N2O2S2/c1-9(2,7(11)13)5-15-16-6-10(3,4)8(12)14/h5-6H2,1-4H3,(H2,11,13)(H2,12,14). The number of nitrogens with two attached hydrogens (primary N) is 2. The first kappa shape index (κ1) is 15.6. The summed E-state index contributed by atoms with van der Waals surface area (Å²) in [5.74, 6) is 0.633. The Morgan fingerprint density at radius 1 is 0.875 bits per heavy atom. The van der Waals surface area contributed by atoms with Crippen LogP contribution in [-0.2, 0) is 9.59 Å². The Labute approximate surface area is 105 Å². The molecule has 0 fully saturated rings. The minimum absolute atomic E-state index is 0.310. The van der Waals surface area contributed by atoms with Crippen molar-refractivity contribution < 1.29 is 9.59 Å². The van der Waals surface area contributed by atoms with Crippen LogP contribution in [0.15, 0.2) is 0 Å². The molecule has 2 amide bonds. The Bertz CT molecular complexity index is 250. The van der Waals surface area contributed by atoms with E-state index in [-0.39, 0.29) is 11.8 Å². The van der Waals surface area contributed by atoms with Crippen molar-refractivity contribution in [2.45, 2.75) is 27.7 Å². The van der Waals surface area contributed by atoms with Gasteiger partial charge in [-0.25, -0.2) is 0 Å². The van der Waals surface area contributed by atoms with Gasteiger partial charge >= 0.3 is 0 Å². The molecule has 94 valence electrons. The molecular weight excluding hydrogens is 244 g/mol. The summed E-state index contributed by atoms with van der Waals surface area (Å²) in [6.07, 6.45) is 0. The van der Waals surface area contributed by atoms with Crippen molar-refractivity contribution in [1.82, 2.24) is 0 Å². The smallest absolute Gasteiger partial charge is 0.223 e. The molecule has 0 spiro atoms. The Morgan fingerprint density at radius 3 is 1.31 bits per heavy atom. The van der Waals surface area contributed by atoms with Crippen LogP contribution in [0.4, 0.5) is 0 Å². The number of rotatable bonds is 7. The van der Waals surface area contributed by atoms with Gasteiger partial charge in [-0.15, -0.1) is 0 Å². The molecule has 0 aromatic carbocycles. The third-order valence-electron chi connectivity index (χ3n) is 2.26. The predicted octanol–water partition coefficient (Wildman–Crippen LogP) is 1.39. The van der Waals surface area contributed by atoms with Crippen LogP contribution in [0.1, 0.15) is 27.7 Å². The van der Waals surface area contributed by atoms with Crippen LogP contribution in [0.2, 0.25) is 0 Å². The van der Waals surface area contributed by atoms with Gasteiger partial charge in [0.15, 0.2) is 0 Å². The van der Waals surface area contributed by atoms with Crippen LogP contribution in [0.25, 0.3) is 0 Å². The summed E-state index contributed by atoms with van der Waals surface area (Å²) in [7, 11) is 3.08. The fraction of sp³-hybridized carbons (Fsp3) is 0.800. The monoisotopic (exact) mass is 264 g/mol. The number of hydrogen-bond acceptors (Lipinski definition) is 4. The van der Waals surface area contributed by atoms with E-state index >= 15 is 0 Å². The maximum absolute atomic E-state index is 11.0. The largest absolute Gasteiger partial charge is 0.369 e. The summed E-state index contributed by atoms with van der Waals surface area (Å²) < 4.78 is 0. The SMILES string of the molecule is CC(C)(CSSCC(C)(C)C(N)=O)C(N)=O. The number of hydrogen-bond donors (Lipinski definition) is 2. The minimum Gasteiger partial charge on any atom is -0.369 e. The average Bonchev–Trinajstić information content (AvgIpc) is 2.12. The fourth-order valence-corrected chi connectivity index (χ4v) is 3.83. The van der Waals surface area contributed by atoms with Crippen molar-refractivity contribution in [2.24, 2.45) is 22.3 Å². The molecule has 0 radical (unpaired) electrons. The molecule has 0 heterocycles. The molecule has 0 aliphatic rings. The van der Waals surface area contributed by atoms with Crippen molar-refractivity contribution in [3.8, 4) is 0 Å². The molecule has 0 saturated heterocycles. The normalized spacial score (nSPS) is 12.5. The van der Waals surface area contributed by atoms with Gasteiger partial charge in [-0.2, -0.15) is 0 Å². The Hall–Kier alpha value is -0.360. The van der Waals surface area contributed by atoms with E-state index < -0.39 is 10.8 Å². The number of primary amides is 2. The molecule has 4 nitrogen and oxygen atoms in total. The lowest BCUT2D eigenvalue weighted by atomic mass is 9.96. The third-order valence-corrected chi connectivity index (χ3v) is 5.31. The van der Waals surface area contributed by atoms with Crippen molar-refractivity contribution in [3.05, 3.63) is 0 Å². The highest BCUT2D eigenvalue weighted by molar-refractivity contribution is 8.76. The minimum atomic E-state index is -0.519. The van der Waals surface area contributed by atoms with E-state index in [2.05, 4.69) is 0 Å². The van der Waals surface area contributed by atoms with Crippen LogP contribution < -0.4 is 11.5 Å². The van der Waals surface area contributed by atoms with E-state index in [0.29, 0.717) is 11.5 Å². The van der Waals surface area contributed by atoms with E-state index in [9.17, 15) is 9.59 Å². The van der Waals surface area contributed by atoms with Crippen molar-refractivity contribution in [1.29, 1.82) is 0 Å². The van der Waals surface area contributed by atoms with Gasteiger partial charge in [0.1, 0.15) is 0 Å². The van der Waals surface area contributed by atoms with Crippen LogP contribution >= 0.6 is 21.6 Å². The molecule has 0 unspecified atom stereocenters. The van der Waals surface area contributed by atoms with Gasteiger partial charge in [-0.1, -0.05) is 49.3 Å². The first-order valence-electron chi connectivity index (χ1n) is 4.94. The van der Waals surface area contributed by atoms with E-state index in [1.54, 1.807) is 21.6 Å². The molecule has 4 N–H and O–H groups in total. The van der Waals surface area contributed by atoms with Crippen molar-refractivity contribution in [2.75, 3.05) is 11.5 Å². The van der Waals surface area contributed by atoms with Crippen LogP contribution in [0.5, 0.6) is 0 Å².